The summed E-state index contributed by atoms with van der Waals surface area (Å²) in [6, 6.07) is 0.137. The molecule has 3 nitrogen and oxygen atoms in total. The van der Waals surface area contributed by atoms with E-state index in [4.69, 9.17) is 11.2 Å². The normalized spacial score (nSPS) is 33.7. The number of rotatable bonds is 2. The first-order chi connectivity index (χ1) is 7.26. The van der Waals surface area contributed by atoms with Crippen LogP contribution in [0.3, 0.4) is 0 Å². The molecule has 15 heavy (non-hydrogen) atoms. The van der Waals surface area contributed by atoms with E-state index in [9.17, 15) is 4.79 Å². The van der Waals surface area contributed by atoms with Crippen molar-refractivity contribution in [1.29, 1.82) is 0 Å². The lowest BCUT2D eigenvalue weighted by Crippen LogP contribution is -2.52. The number of fused-ring (bicyclic) bond motifs is 2. The van der Waals surface area contributed by atoms with Crippen molar-refractivity contribution in [2.75, 3.05) is 20.2 Å². The topological polar surface area (TPSA) is 29.5 Å². The number of carbonyl (C=O) groups excluding carboxylic acids is 1. The quantitative estimate of drug-likeness (QED) is 0.377. The summed E-state index contributed by atoms with van der Waals surface area (Å²) in [6.07, 6.45) is 10.5. The summed E-state index contributed by atoms with van der Waals surface area (Å²) < 4.78 is 4.82. The molecule has 1 saturated heterocycles. The third kappa shape index (κ3) is 1.78. The van der Waals surface area contributed by atoms with Gasteiger partial charge < -0.3 is 4.74 Å². The van der Waals surface area contributed by atoms with Crippen LogP contribution in [0.5, 0.6) is 0 Å². The second kappa shape index (κ2) is 4.08. The summed E-state index contributed by atoms with van der Waals surface area (Å²) in [5, 5.41) is 0. The molecule has 0 unspecified atom stereocenters. The molecule has 3 aliphatic rings. The number of ether oxygens (including phenoxy) is 1. The number of terminal acetylenes is 1. The van der Waals surface area contributed by atoms with Crippen LogP contribution in [0.25, 0.3) is 0 Å². The largest absolute Gasteiger partial charge is 0.469 e. The van der Waals surface area contributed by atoms with E-state index < -0.39 is 0 Å². The maximum absolute atomic E-state index is 11.6. The summed E-state index contributed by atoms with van der Waals surface area (Å²) in [5.41, 5.74) is 0. The second-order valence-electron chi connectivity index (χ2n) is 4.13. The van der Waals surface area contributed by atoms with E-state index in [0.29, 0.717) is 12.5 Å². The first kappa shape index (κ1) is 10.3. The number of hydrogen-bond donors (Lipinski definition) is 0. The van der Waals surface area contributed by atoms with Gasteiger partial charge in [0.1, 0.15) is 0 Å². The van der Waals surface area contributed by atoms with Gasteiger partial charge in [-0.1, -0.05) is 18.1 Å². The fourth-order valence-corrected chi connectivity index (χ4v) is 2.56. The van der Waals surface area contributed by atoms with Crippen LogP contribution < -0.4 is 0 Å². The van der Waals surface area contributed by atoms with Crippen LogP contribution in [0.2, 0.25) is 0 Å². The lowest BCUT2D eigenvalue weighted by Gasteiger charge is -2.44. The SMILES string of the molecule is C#CCN1C[C@H]2C=C[C@@H]1[C@@H](C(=O)OC)C2. The van der Waals surface area contributed by atoms with Crippen LogP contribution in [0.1, 0.15) is 6.42 Å². The van der Waals surface area contributed by atoms with Crippen LogP contribution in [0.15, 0.2) is 12.2 Å². The Morgan fingerprint density at radius 3 is 3.07 bits per heavy atom. The molecule has 80 valence electrons. The Morgan fingerprint density at radius 1 is 1.67 bits per heavy atom. The molecule has 2 aliphatic heterocycles. The lowest BCUT2D eigenvalue weighted by atomic mass is 9.77. The summed E-state index contributed by atoms with van der Waals surface area (Å²) in [7, 11) is 1.44. The zero-order valence-corrected chi connectivity index (χ0v) is 8.85. The maximum atomic E-state index is 11.6. The molecule has 3 rings (SSSR count). The van der Waals surface area contributed by atoms with E-state index in [2.05, 4.69) is 23.0 Å². The monoisotopic (exact) mass is 205 g/mol. The van der Waals surface area contributed by atoms with E-state index in [1.54, 1.807) is 0 Å². The number of methoxy groups -OCH3 is 1. The van der Waals surface area contributed by atoms with Gasteiger partial charge in [-0.3, -0.25) is 9.69 Å². The molecule has 3 atom stereocenters. The van der Waals surface area contributed by atoms with E-state index in [0.717, 1.165) is 13.0 Å². The van der Waals surface area contributed by atoms with Gasteiger partial charge in [0.25, 0.3) is 0 Å². The Kier molecular flexibility index (Phi) is 2.79. The van der Waals surface area contributed by atoms with Gasteiger partial charge in [-0.05, 0) is 12.3 Å². The molecule has 1 aliphatic carbocycles. The molecule has 3 heteroatoms. The molecular weight excluding hydrogens is 190 g/mol. The summed E-state index contributed by atoms with van der Waals surface area (Å²) in [6.45, 7) is 1.58. The minimum absolute atomic E-state index is 0.0351. The third-order valence-electron chi connectivity index (χ3n) is 3.24. The van der Waals surface area contributed by atoms with E-state index in [1.807, 2.05) is 0 Å². The van der Waals surface area contributed by atoms with Crippen molar-refractivity contribution < 1.29 is 9.53 Å². The van der Waals surface area contributed by atoms with Gasteiger partial charge in [0.15, 0.2) is 0 Å². The minimum Gasteiger partial charge on any atom is -0.469 e. The highest BCUT2D eigenvalue weighted by Crippen LogP contribution is 2.34. The van der Waals surface area contributed by atoms with Gasteiger partial charge in [0.2, 0.25) is 0 Å². The second-order valence-corrected chi connectivity index (χ2v) is 4.13. The molecule has 0 aromatic rings. The number of esters is 1. The number of hydrogen-bond acceptors (Lipinski definition) is 3. The van der Waals surface area contributed by atoms with Crippen molar-refractivity contribution in [2.24, 2.45) is 11.8 Å². The summed E-state index contributed by atoms with van der Waals surface area (Å²) in [4.78, 5) is 13.7. The highest BCUT2D eigenvalue weighted by atomic mass is 16.5. The van der Waals surface area contributed by atoms with E-state index in [1.165, 1.54) is 7.11 Å². The predicted molar refractivity (Wildman–Crippen MR) is 56.9 cm³/mol. The molecule has 0 N–H and O–H groups in total. The van der Waals surface area contributed by atoms with Crippen LogP contribution >= 0.6 is 0 Å². The molecule has 0 aromatic carbocycles. The number of nitrogens with zero attached hydrogens (tertiary/aromatic N) is 1. The van der Waals surface area contributed by atoms with Crippen molar-refractivity contribution in [1.82, 2.24) is 4.90 Å². The molecule has 0 spiro atoms. The zero-order chi connectivity index (χ0) is 10.8. The molecule has 2 bridgehead atoms. The van der Waals surface area contributed by atoms with Crippen molar-refractivity contribution in [3.05, 3.63) is 12.2 Å². The van der Waals surface area contributed by atoms with Gasteiger partial charge >= 0.3 is 5.97 Å². The highest BCUT2D eigenvalue weighted by molar-refractivity contribution is 5.74. The minimum atomic E-state index is -0.115. The van der Waals surface area contributed by atoms with Crippen molar-refractivity contribution >= 4 is 5.97 Å². The molecule has 1 fully saturated rings. The lowest BCUT2D eigenvalue weighted by molar-refractivity contribution is -0.149. The third-order valence-corrected chi connectivity index (χ3v) is 3.24. The van der Waals surface area contributed by atoms with Gasteiger partial charge in [0.05, 0.1) is 19.6 Å². The fourth-order valence-electron chi connectivity index (χ4n) is 2.56. The zero-order valence-electron chi connectivity index (χ0n) is 8.85. The van der Waals surface area contributed by atoms with Gasteiger partial charge in [-0.2, -0.15) is 0 Å². The molecule has 2 heterocycles. The molecule has 0 radical (unpaired) electrons. The number of piperidine rings is 1. The van der Waals surface area contributed by atoms with Crippen molar-refractivity contribution in [3.8, 4) is 12.3 Å². The van der Waals surface area contributed by atoms with Gasteiger partial charge in [-0.25, -0.2) is 0 Å². The van der Waals surface area contributed by atoms with Crippen LogP contribution in [-0.2, 0) is 9.53 Å². The molecular formula is C12H15NO2. The maximum Gasteiger partial charge on any atom is 0.310 e. The smallest absolute Gasteiger partial charge is 0.310 e. The molecule has 0 aromatic heterocycles. The first-order valence-electron chi connectivity index (χ1n) is 5.20. The summed E-state index contributed by atoms with van der Waals surface area (Å²) in [5.74, 6) is 2.94. The van der Waals surface area contributed by atoms with E-state index in [-0.39, 0.29) is 17.9 Å². The van der Waals surface area contributed by atoms with Crippen LogP contribution in [0.4, 0.5) is 0 Å². The van der Waals surface area contributed by atoms with Crippen molar-refractivity contribution in [2.45, 2.75) is 12.5 Å². The predicted octanol–water partition coefficient (Wildman–Crippen LogP) is 0.669. The van der Waals surface area contributed by atoms with Crippen LogP contribution in [-0.4, -0.2) is 37.1 Å². The Labute approximate surface area is 90.1 Å². The first-order valence-corrected chi connectivity index (χ1v) is 5.20. The number of carbonyl (C=O) groups is 1. The summed E-state index contributed by atoms with van der Waals surface area (Å²) >= 11 is 0. The average Bonchev–Trinajstić information content (AvgIpc) is 2.29. The average molecular weight is 205 g/mol. The van der Waals surface area contributed by atoms with E-state index >= 15 is 0 Å². The fraction of sp³-hybridized carbons (Fsp3) is 0.583. The Morgan fingerprint density at radius 2 is 2.47 bits per heavy atom. The highest BCUT2D eigenvalue weighted by Gasteiger charge is 2.41. The van der Waals surface area contributed by atoms with Gasteiger partial charge in [0, 0.05) is 12.6 Å². The Balaban J connectivity index is 2.15. The van der Waals surface area contributed by atoms with Crippen molar-refractivity contribution in [3.63, 3.8) is 0 Å². The molecule has 0 amide bonds. The van der Waals surface area contributed by atoms with Gasteiger partial charge in [-0.15, -0.1) is 6.42 Å². The standard InChI is InChI=1S/C12H15NO2/c1-3-6-13-8-9-4-5-11(13)10(7-9)12(14)15-2/h1,4-5,9-11H,6-8H2,2H3/t9-,10-,11+/m0/s1. The Bertz CT molecular complexity index is 329. The Hall–Kier alpha value is -1.27. The molecule has 0 saturated carbocycles. The van der Waals surface area contributed by atoms with Crippen LogP contribution in [0, 0.1) is 24.2 Å².